The van der Waals surface area contributed by atoms with Gasteiger partial charge in [0.1, 0.15) is 0 Å². The Hall–Kier alpha value is -2.75. The molecule has 0 aliphatic rings. The molecule has 0 unspecified atom stereocenters. The van der Waals surface area contributed by atoms with Crippen LogP contribution in [-0.4, -0.2) is 10.9 Å². The van der Waals surface area contributed by atoms with Gasteiger partial charge in [-0.2, -0.15) is 0 Å². The number of anilines is 2. The first-order valence-corrected chi connectivity index (χ1v) is 6.93. The van der Waals surface area contributed by atoms with Gasteiger partial charge in [-0.1, -0.05) is 18.2 Å². The number of aryl methyl sites for hydroxylation is 1. The molecule has 3 rings (SSSR count). The number of rotatable bonds is 4. The molecule has 2 aromatic carbocycles. The van der Waals surface area contributed by atoms with Gasteiger partial charge in [0.05, 0.1) is 0 Å². The van der Waals surface area contributed by atoms with Gasteiger partial charge in [0.2, 0.25) is 5.91 Å². The third-order valence-electron chi connectivity index (χ3n) is 3.51. The summed E-state index contributed by atoms with van der Waals surface area (Å²) >= 11 is 0. The van der Waals surface area contributed by atoms with Crippen LogP contribution in [0.3, 0.4) is 0 Å². The number of H-pyrrole nitrogens is 1. The maximum absolute atomic E-state index is 12.0. The first-order chi connectivity index (χ1) is 10.2. The van der Waals surface area contributed by atoms with Crippen molar-refractivity contribution in [3.05, 3.63) is 60.3 Å². The van der Waals surface area contributed by atoms with E-state index in [1.165, 1.54) is 0 Å². The van der Waals surface area contributed by atoms with Crippen LogP contribution in [-0.2, 0) is 11.2 Å². The summed E-state index contributed by atoms with van der Waals surface area (Å²) in [7, 11) is 0. The van der Waals surface area contributed by atoms with E-state index < -0.39 is 0 Å². The number of fused-ring (bicyclic) bond motifs is 1. The quantitative estimate of drug-likeness (QED) is 0.641. The van der Waals surface area contributed by atoms with Gasteiger partial charge in [-0.05, 0) is 42.3 Å². The minimum atomic E-state index is -0.00635. The molecule has 0 aliphatic heterocycles. The van der Waals surface area contributed by atoms with Gasteiger partial charge < -0.3 is 16.0 Å². The Morgan fingerprint density at radius 3 is 2.86 bits per heavy atom. The van der Waals surface area contributed by atoms with Crippen molar-refractivity contribution in [2.45, 2.75) is 12.8 Å². The molecule has 1 aromatic heterocycles. The number of hydrogen-bond donors (Lipinski definition) is 3. The second-order valence-corrected chi connectivity index (χ2v) is 5.03. The number of amides is 1. The minimum absolute atomic E-state index is 0.00635. The molecule has 0 saturated heterocycles. The molecule has 0 atom stereocenters. The number of benzene rings is 2. The van der Waals surface area contributed by atoms with Gasteiger partial charge in [-0.3, -0.25) is 4.79 Å². The fraction of sp³-hybridized carbons (Fsp3) is 0.118. The first kappa shape index (κ1) is 13.2. The molecule has 4 N–H and O–H groups in total. The molecule has 106 valence electrons. The Morgan fingerprint density at radius 2 is 2.00 bits per heavy atom. The van der Waals surface area contributed by atoms with Crippen LogP contribution >= 0.6 is 0 Å². The average molecular weight is 279 g/mol. The Balaban J connectivity index is 1.62. The summed E-state index contributed by atoms with van der Waals surface area (Å²) in [4.78, 5) is 15.1. The van der Waals surface area contributed by atoms with Crippen LogP contribution in [0.5, 0.6) is 0 Å². The van der Waals surface area contributed by atoms with Crippen molar-refractivity contribution in [2.24, 2.45) is 0 Å². The summed E-state index contributed by atoms with van der Waals surface area (Å²) < 4.78 is 0. The summed E-state index contributed by atoms with van der Waals surface area (Å²) in [6, 6.07) is 15.4. The highest BCUT2D eigenvalue weighted by atomic mass is 16.1. The van der Waals surface area contributed by atoms with E-state index in [9.17, 15) is 4.79 Å². The molecular weight excluding hydrogens is 262 g/mol. The SMILES string of the molecule is Nc1ccccc1CCC(=O)Nc1ccc2[nH]ccc2c1. The number of aromatic amines is 1. The van der Waals surface area contributed by atoms with Crippen LogP contribution in [0.25, 0.3) is 10.9 Å². The van der Waals surface area contributed by atoms with E-state index in [0.29, 0.717) is 12.8 Å². The van der Waals surface area contributed by atoms with Crippen LogP contribution < -0.4 is 11.1 Å². The number of para-hydroxylation sites is 1. The fourth-order valence-electron chi connectivity index (χ4n) is 2.36. The molecule has 0 radical (unpaired) electrons. The number of nitrogens with two attached hydrogens (primary N) is 1. The van der Waals surface area contributed by atoms with E-state index >= 15 is 0 Å². The van der Waals surface area contributed by atoms with Crippen molar-refractivity contribution in [3.63, 3.8) is 0 Å². The van der Waals surface area contributed by atoms with E-state index in [2.05, 4.69) is 10.3 Å². The van der Waals surface area contributed by atoms with Gasteiger partial charge in [-0.15, -0.1) is 0 Å². The van der Waals surface area contributed by atoms with Gasteiger partial charge >= 0.3 is 0 Å². The lowest BCUT2D eigenvalue weighted by molar-refractivity contribution is -0.116. The maximum Gasteiger partial charge on any atom is 0.224 e. The van der Waals surface area contributed by atoms with Gasteiger partial charge in [0.15, 0.2) is 0 Å². The summed E-state index contributed by atoms with van der Waals surface area (Å²) in [5.41, 5.74) is 9.49. The van der Waals surface area contributed by atoms with E-state index in [4.69, 9.17) is 5.73 Å². The zero-order chi connectivity index (χ0) is 14.7. The topological polar surface area (TPSA) is 70.9 Å². The van der Waals surface area contributed by atoms with E-state index in [1.807, 2.05) is 54.7 Å². The number of hydrogen-bond acceptors (Lipinski definition) is 2. The third-order valence-corrected chi connectivity index (χ3v) is 3.51. The van der Waals surface area contributed by atoms with Crippen LogP contribution in [0.15, 0.2) is 54.7 Å². The number of carbonyl (C=O) groups excluding carboxylic acids is 1. The fourth-order valence-corrected chi connectivity index (χ4v) is 2.36. The lowest BCUT2D eigenvalue weighted by Crippen LogP contribution is -2.12. The Bertz CT molecular complexity index is 776. The molecule has 0 bridgehead atoms. The van der Waals surface area contributed by atoms with Crippen molar-refractivity contribution in [1.82, 2.24) is 4.98 Å². The van der Waals surface area contributed by atoms with Gasteiger partial charge in [0, 0.05) is 34.9 Å². The standard InChI is InChI=1S/C17H17N3O/c18-15-4-2-1-3-12(15)5-8-17(21)20-14-6-7-16-13(11-14)9-10-19-16/h1-4,6-7,9-11,19H,5,8,18H2,(H,20,21). The van der Waals surface area contributed by atoms with E-state index in [-0.39, 0.29) is 5.91 Å². The Morgan fingerprint density at radius 1 is 1.14 bits per heavy atom. The molecule has 4 heteroatoms. The molecule has 1 heterocycles. The van der Waals surface area contributed by atoms with E-state index in [0.717, 1.165) is 27.8 Å². The predicted molar refractivity (Wildman–Crippen MR) is 86.1 cm³/mol. The van der Waals surface area contributed by atoms with Crippen LogP contribution in [0.4, 0.5) is 11.4 Å². The minimum Gasteiger partial charge on any atom is -0.399 e. The maximum atomic E-state index is 12.0. The molecule has 3 aromatic rings. The lowest BCUT2D eigenvalue weighted by atomic mass is 10.1. The Kier molecular flexibility index (Phi) is 3.60. The first-order valence-electron chi connectivity index (χ1n) is 6.93. The summed E-state index contributed by atoms with van der Waals surface area (Å²) in [5.74, 6) is -0.00635. The van der Waals surface area contributed by atoms with E-state index in [1.54, 1.807) is 0 Å². The van der Waals surface area contributed by atoms with Crippen molar-refractivity contribution in [3.8, 4) is 0 Å². The average Bonchev–Trinajstić information content (AvgIpc) is 2.94. The zero-order valence-electron chi connectivity index (χ0n) is 11.6. The number of nitrogen functional groups attached to an aromatic ring is 1. The predicted octanol–water partition coefficient (Wildman–Crippen LogP) is 3.32. The summed E-state index contributed by atoms with van der Waals surface area (Å²) in [5, 5.41) is 4.00. The molecule has 0 aliphatic carbocycles. The summed E-state index contributed by atoms with van der Waals surface area (Å²) in [6.45, 7) is 0. The van der Waals surface area contributed by atoms with Crippen molar-refractivity contribution in [1.29, 1.82) is 0 Å². The Labute approximate surface area is 123 Å². The monoisotopic (exact) mass is 279 g/mol. The van der Waals surface area contributed by atoms with Gasteiger partial charge in [-0.25, -0.2) is 0 Å². The molecule has 21 heavy (non-hydrogen) atoms. The summed E-state index contributed by atoms with van der Waals surface area (Å²) in [6.07, 6.45) is 2.94. The van der Waals surface area contributed by atoms with Crippen LogP contribution in [0, 0.1) is 0 Å². The molecule has 4 nitrogen and oxygen atoms in total. The van der Waals surface area contributed by atoms with Crippen molar-refractivity contribution < 1.29 is 4.79 Å². The van der Waals surface area contributed by atoms with Crippen molar-refractivity contribution >= 4 is 28.2 Å². The third kappa shape index (κ3) is 3.05. The molecule has 0 saturated carbocycles. The number of aromatic nitrogens is 1. The number of nitrogens with one attached hydrogen (secondary N) is 2. The number of carbonyl (C=O) groups is 1. The normalized spacial score (nSPS) is 10.7. The largest absolute Gasteiger partial charge is 0.399 e. The smallest absolute Gasteiger partial charge is 0.224 e. The van der Waals surface area contributed by atoms with Crippen LogP contribution in [0.1, 0.15) is 12.0 Å². The van der Waals surface area contributed by atoms with Crippen molar-refractivity contribution in [2.75, 3.05) is 11.1 Å². The second-order valence-electron chi connectivity index (χ2n) is 5.03. The molecular formula is C17H17N3O. The molecule has 0 spiro atoms. The lowest BCUT2D eigenvalue weighted by Gasteiger charge is -2.07. The van der Waals surface area contributed by atoms with Crippen LogP contribution in [0.2, 0.25) is 0 Å². The highest BCUT2D eigenvalue weighted by Gasteiger charge is 2.05. The molecule has 0 fully saturated rings. The highest BCUT2D eigenvalue weighted by Crippen LogP contribution is 2.18. The second kappa shape index (κ2) is 5.71. The zero-order valence-corrected chi connectivity index (χ0v) is 11.6. The highest BCUT2D eigenvalue weighted by molar-refractivity contribution is 5.93. The van der Waals surface area contributed by atoms with Gasteiger partial charge in [0.25, 0.3) is 0 Å². The molecule has 1 amide bonds.